The summed E-state index contributed by atoms with van der Waals surface area (Å²) < 4.78 is 1.33. The van der Waals surface area contributed by atoms with Gasteiger partial charge in [-0.15, -0.1) is 0 Å². The summed E-state index contributed by atoms with van der Waals surface area (Å²) in [6.07, 6.45) is 0. The highest BCUT2D eigenvalue weighted by Gasteiger charge is 2.13. The van der Waals surface area contributed by atoms with Gasteiger partial charge in [-0.1, -0.05) is 13.8 Å². The molecule has 0 fully saturated rings. The van der Waals surface area contributed by atoms with Crippen molar-refractivity contribution in [2.75, 3.05) is 5.73 Å². The lowest BCUT2D eigenvalue weighted by Crippen LogP contribution is -2.04. The Morgan fingerprint density at radius 1 is 1.50 bits per heavy atom. The van der Waals surface area contributed by atoms with Gasteiger partial charge in [-0.25, -0.2) is 9.78 Å². The van der Waals surface area contributed by atoms with E-state index in [4.69, 9.17) is 10.8 Å². The summed E-state index contributed by atoms with van der Waals surface area (Å²) in [6, 6.07) is 3.11. The van der Waals surface area contributed by atoms with Crippen molar-refractivity contribution in [3.8, 4) is 0 Å². The molecule has 16 heavy (non-hydrogen) atoms. The number of hydrogen-bond acceptors (Lipinski definition) is 4. The normalized spacial score (nSPS) is 11.2. The van der Waals surface area contributed by atoms with E-state index in [1.165, 1.54) is 10.6 Å². The van der Waals surface area contributed by atoms with Crippen LogP contribution in [0.4, 0.5) is 5.82 Å². The predicted molar refractivity (Wildman–Crippen MR) is 58.4 cm³/mol. The molecular formula is C10H12N4O2. The maximum absolute atomic E-state index is 10.8. The van der Waals surface area contributed by atoms with E-state index in [1.807, 2.05) is 13.8 Å². The molecule has 84 valence electrons. The molecule has 2 heterocycles. The Kier molecular flexibility index (Phi) is 2.26. The fourth-order valence-electron chi connectivity index (χ4n) is 1.42. The van der Waals surface area contributed by atoms with Crippen LogP contribution < -0.4 is 5.73 Å². The van der Waals surface area contributed by atoms with Crippen molar-refractivity contribution in [3.05, 3.63) is 23.5 Å². The number of anilines is 1. The molecule has 2 aromatic heterocycles. The first-order valence-electron chi connectivity index (χ1n) is 4.88. The van der Waals surface area contributed by atoms with Crippen LogP contribution in [0, 0.1) is 0 Å². The molecule has 0 atom stereocenters. The van der Waals surface area contributed by atoms with Gasteiger partial charge in [0.2, 0.25) is 0 Å². The Hall–Kier alpha value is -2.11. The minimum absolute atomic E-state index is 0.0555. The van der Waals surface area contributed by atoms with Gasteiger partial charge in [0, 0.05) is 17.8 Å². The Morgan fingerprint density at radius 3 is 2.75 bits per heavy atom. The molecule has 0 unspecified atom stereocenters. The number of carbonyl (C=O) groups is 1. The van der Waals surface area contributed by atoms with Crippen molar-refractivity contribution in [1.82, 2.24) is 14.6 Å². The quantitative estimate of drug-likeness (QED) is 0.791. The minimum atomic E-state index is -1.09. The summed E-state index contributed by atoms with van der Waals surface area (Å²) in [4.78, 5) is 15.1. The van der Waals surface area contributed by atoms with Crippen LogP contribution in [0.1, 0.15) is 35.9 Å². The number of nitrogen functional groups attached to an aromatic ring is 1. The van der Waals surface area contributed by atoms with Gasteiger partial charge in [0.1, 0.15) is 5.82 Å². The van der Waals surface area contributed by atoms with Gasteiger partial charge in [0.25, 0.3) is 0 Å². The fourth-order valence-corrected chi connectivity index (χ4v) is 1.42. The largest absolute Gasteiger partial charge is 0.476 e. The van der Waals surface area contributed by atoms with Crippen LogP contribution in [-0.4, -0.2) is 25.7 Å². The van der Waals surface area contributed by atoms with Gasteiger partial charge < -0.3 is 10.8 Å². The number of carboxylic acid groups (broad SMARTS) is 1. The highest BCUT2D eigenvalue weighted by molar-refractivity contribution is 5.86. The molecule has 0 aliphatic rings. The van der Waals surface area contributed by atoms with Crippen molar-refractivity contribution < 1.29 is 9.90 Å². The second kappa shape index (κ2) is 3.48. The van der Waals surface area contributed by atoms with E-state index < -0.39 is 5.97 Å². The zero-order valence-electron chi connectivity index (χ0n) is 9.01. The third kappa shape index (κ3) is 1.58. The van der Waals surface area contributed by atoms with Gasteiger partial charge in [-0.05, 0) is 5.92 Å². The number of aromatic carboxylic acids is 1. The summed E-state index contributed by atoms with van der Waals surface area (Å²) in [5.74, 6) is -0.465. The number of carboxylic acids is 1. The van der Waals surface area contributed by atoms with Crippen LogP contribution in [-0.2, 0) is 0 Å². The van der Waals surface area contributed by atoms with E-state index in [-0.39, 0.29) is 11.6 Å². The molecular weight excluding hydrogens is 208 g/mol. The van der Waals surface area contributed by atoms with Gasteiger partial charge in [0.15, 0.2) is 11.3 Å². The van der Waals surface area contributed by atoms with Crippen molar-refractivity contribution in [2.45, 2.75) is 19.8 Å². The lowest BCUT2D eigenvalue weighted by Gasteiger charge is -2.06. The summed E-state index contributed by atoms with van der Waals surface area (Å²) >= 11 is 0. The number of nitrogens with two attached hydrogens (primary N) is 1. The fraction of sp³-hybridized carbons (Fsp3) is 0.300. The SMILES string of the molecule is CC(C)c1cc(N)n2nc(C(=O)O)cc2n1. The summed E-state index contributed by atoms with van der Waals surface area (Å²) in [5, 5.41) is 12.7. The predicted octanol–water partition coefficient (Wildman–Crippen LogP) is 1.13. The summed E-state index contributed by atoms with van der Waals surface area (Å²) in [5.41, 5.74) is 7.00. The van der Waals surface area contributed by atoms with Gasteiger partial charge in [0.05, 0.1) is 0 Å². The maximum Gasteiger partial charge on any atom is 0.356 e. The molecule has 0 saturated heterocycles. The molecule has 0 amide bonds. The molecule has 0 saturated carbocycles. The average Bonchev–Trinajstić information content (AvgIpc) is 2.61. The average molecular weight is 220 g/mol. The molecule has 2 rings (SSSR count). The summed E-state index contributed by atoms with van der Waals surface area (Å²) in [7, 11) is 0. The van der Waals surface area contributed by atoms with Gasteiger partial charge in [-0.2, -0.15) is 9.61 Å². The molecule has 0 aromatic carbocycles. The molecule has 0 aliphatic heterocycles. The van der Waals surface area contributed by atoms with E-state index in [9.17, 15) is 4.79 Å². The standard InChI is InChI=1S/C10H12N4O2/c1-5(2)6-3-8(11)14-9(12-6)4-7(13-14)10(15)16/h3-5H,11H2,1-2H3,(H,15,16). The Balaban J connectivity index is 2.68. The first kappa shape index (κ1) is 10.4. The van der Waals surface area contributed by atoms with Crippen LogP contribution in [0.15, 0.2) is 12.1 Å². The number of nitrogens with zero attached hydrogens (tertiary/aromatic N) is 3. The second-order valence-electron chi connectivity index (χ2n) is 3.87. The first-order valence-corrected chi connectivity index (χ1v) is 4.88. The number of hydrogen-bond donors (Lipinski definition) is 2. The maximum atomic E-state index is 10.8. The smallest absolute Gasteiger partial charge is 0.356 e. The highest BCUT2D eigenvalue weighted by Crippen LogP contribution is 2.17. The van der Waals surface area contributed by atoms with E-state index in [0.29, 0.717) is 11.5 Å². The van der Waals surface area contributed by atoms with E-state index >= 15 is 0 Å². The van der Waals surface area contributed by atoms with Crippen LogP contribution in [0.3, 0.4) is 0 Å². The van der Waals surface area contributed by atoms with Gasteiger partial charge in [-0.3, -0.25) is 0 Å². The molecule has 0 aliphatic carbocycles. The Morgan fingerprint density at radius 2 is 2.19 bits per heavy atom. The Labute approximate surface area is 91.7 Å². The number of rotatable bonds is 2. The van der Waals surface area contributed by atoms with Crippen LogP contribution >= 0.6 is 0 Å². The molecule has 6 nitrogen and oxygen atoms in total. The monoisotopic (exact) mass is 220 g/mol. The van der Waals surface area contributed by atoms with Crippen LogP contribution in [0.2, 0.25) is 0 Å². The van der Waals surface area contributed by atoms with Crippen molar-refractivity contribution in [2.24, 2.45) is 0 Å². The van der Waals surface area contributed by atoms with E-state index in [2.05, 4.69) is 10.1 Å². The van der Waals surface area contributed by atoms with Crippen molar-refractivity contribution >= 4 is 17.4 Å². The molecule has 3 N–H and O–H groups in total. The lowest BCUT2D eigenvalue weighted by atomic mass is 10.1. The highest BCUT2D eigenvalue weighted by atomic mass is 16.4. The lowest BCUT2D eigenvalue weighted by molar-refractivity contribution is 0.0690. The van der Waals surface area contributed by atoms with Crippen molar-refractivity contribution in [3.63, 3.8) is 0 Å². The molecule has 0 radical (unpaired) electrons. The van der Waals surface area contributed by atoms with Gasteiger partial charge >= 0.3 is 5.97 Å². The van der Waals surface area contributed by atoms with Crippen LogP contribution in [0.25, 0.3) is 5.65 Å². The molecule has 0 bridgehead atoms. The molecule has 0 spiro atoms. The summed E-state index contributed by atoms with van der Waals surface area (Å²) in [6.45, 7) is 3.99. The van der Waals surface area contributed by atoms with Crippen LogP contribution in [0.5, 0.6) is 0 Å². The van der Waals surface area contributed by atoms with E-state index in [0.717, 1.165) is 5.69 Å². The third-order valence-electron chi connectivity index (χ3n) is 2.29. The zero-order chi connectivity index (χ0) is 11.9. The zero-order valence-corrected chi connectivity index (χ0v) is 9.01. The third-order valence-corrected chi connectivity index (χ3v) is 2.29. The molecule has 6 heteroatoms. The number of fused-ring (bicyclic) bond motifs is 1. The topological polar surface area (TPSA) is 93.5 Å². The first-order chi connectivity index (χ1) is 7.49. The van der Waals surface area contributed by atoms with Crippen molar-refractivity contribution in [1.29, 1.82) is 0 Å². The molecule has 2 aromatic rings. The number of aromatic nitrogens is 3. The second-order valence-corrected chi connectivity index (χ2v) is 3.87. The minimum Gasteiger partial charge on any atom is -0.476 e. The Bertz CT molecular complexity index is 559. The van der Waals surface area contributed by atoms with E-state index in [1.54, 1.807) is 6.07 Å².